The lowest BCUT2D eigenvalue weighted by Gasteiger charge is -2.06. The number of esters is 1. The van der Waals surface area contributed by atoms with Crippen molar-refractivity contribution in [3.05, 3.63) is 41.2 Å². The number of hydrogen-bond donors (Lipinski definition) is 0. The second-order valence-corrected chi connectivity index (χ2v) is 6.51. The van der Waals surface area contributed by atoms with Crippen LogP contribution >= 0.6 is 11.3 Å². The predicted molar refractivity (Wildman–Crippen MR) is 98.2 cm³/mol. The molecule has 3 rings (SSSR count). The van der Waals surface area contributed by atoms with Gasteiger partial charge in [-0.05, 0) is 25.1 Å². The minimum absolute atomic E-state index is 0.00706. The number of aromatic nitrogens is 4. The van der Waals surface area contributed by atoms with E-state index in [2.05, 4.69) is 15.1 Å². The topological polar surface area (TPSA) is 101 Å². The van der Waals surface area contributed by atoms with Gasteiger partial charge >= 0.3 is 5.97 Å². The number of thiazole rings is 1. The standard InChI is InChI=1S/C17H19N5O4S/c1-3-26-7-6-22-13-5-4-12(16(24)25-2)8-14(13)27-17(22)20-15(23)9-21-11-18-10-19-21/h4-5,8,10-11H,3,6-7,9H2,1-2H3. The second-order valence-electron chi connectivity index (χ2n) is 5.51. The van der Waals surface area contributed by atoms with Gasteiger partial charge in [0.2, 0.25) is 0 Å². The van der Waals surface area contributed by atoms with Crippen LogP contribution in [0.25, 0.3) is 10.2 Å². The number of hydrogen-bond acceptors (Lipinski definition) is 7. The number of fused-ring (bicyclic) bond motifs is 1. The van der Waals surface area contributed by atoms with Crippen molar-refractivity contribution < 1.29 is 19.1 Å². The van der Waals surface area contributed by atoms with Crippen molar-refractivity contribution in [1.82, 2.24) is 19.3 Å². The molecular formula is C17H19N5O4S. The zero-order chi connectivity index (χ0) is 19.2. The Morgan fingerprint density at radius 3 is 2.89 bits per heavy atom. The summed E-state index contributed by atoms with van der Waals surface area (Å²) >= 11 is 1.33. The van der Waals surface area contributed by atoms with Crippen molar-refractivity contribution in [2.75, 3.05) is 20.3 Å². The third kappa shape index (κ3) is 4.47. The number of carbonyl (C=O) groups is 2. The Balaban J connectivity index is 2.00. The van der Waals surface area contributed by atoms with Gasteiger partial charge in [-0.25, -0.2) is 14.5 Å². The van der Waals surface area contributed by atoms with Crippen molar-refractivity contribution in [1.29, 1.82) is 0 Å². The van der Waals surface area contributed by atoms with Crippen LogP contribution in [0.5, 0.6) is 0 Å². The van der Waals surface area contributed by atoms with Crippen LogP contribution in [0, 0.1) is 0 Å². The zero-order valence-electron chi connectivity index (χ0n) is 15.0. The first-order valence-electron chi connectivity index (χ1n) is 8.31. The maximum atomic E-state index is 12.3. The minimum Gasteiger partial charge on any atom is -0.465 e. The van der Waals surface area contributed by atoms with Crippen LogP contribution in [-0.4, -0.2) is 51.5 Å². The van der Waals surface area contributed by atoms with Crippen LogP contribution < -0.4 is 4.80 Å². The van der Waals surface area contributed by atoms with E-state index < -0.39 is 5.97 Å². The summed E-state index contributed by atoms with van der Waals surface area (Å²) in [6.45, 7) is 3.57. The van der Waals surface area contributed by atoms with Crippen molar-refractivity contribution in [2.45, 2.75) is 20.0 Å². The number of amides is 1. The smallest absolute Gasteiger partial charge is 0.337 e. The molecule has 1 amide bonds. The summed E-state index contributed by atoms with van der Waals surface area (Å²) < 4.78 is 14.4. The van der Waals surface area contributed by atoms with E-state index in [1.165, 1.54) is 35.8 Å². The van der Waals surface area contributed by atoms with Crippen molar-refractivity contribution in [3.8, 4) is 0 Å². The Labute approximate surface area is 158 Å². The van der Waals surface area contributed by atoms with Crippen LogP contribution in [0.1, 0.15) is 17.3 Å². The molecule has 0 saturated heterocycles. The van der Waals surface area contributed by atoms with Gasteiger partial charge in [-0.2, -0.15) is 10.1 Å². The summed E-state index contributed by atoms with van der Waals surface area (Å²) in [6.07, 6.45) is 2.83. The number of nitrogens with zero attached hydrogens (tertiary/aromatic N) is 5. The lowest BCUT2D eigenvalue weighted by Crippen LogP contribution is -2.21. The fourth-order valence-corrected chi connectivity index (χ4v) is 3.63. The molecule has 9 nitrogen and oxygen atoms in total. The number of benzene rings is 1. The number of carbonyl (C=O) groups excluding carboxylic acids is 2. The molecule has 0 unspecified atom stereocenters. The van der Waals surface area contributed by atoms with Crippen LogP contribution in [0.2, 0.25) is 0 Å². The summed E-state index contributed by atoms with van der Waals surface area (Å²) in [5.41, 5.74) is 1.32. The molecule has 0 aliphatic rings. The van der Waals surface area contributed by atoms with E-state index >= 15 is 0 Å². The zero-order valence-corrected chi connectivity index (χ0v) is 15.8. The largest absolute Gasteiger partial charge is 0.465 e. The molecule has 0 aliphatic carbocycles. The lowest BCUT2D eigenvalue weighted by atomic mass is 10.2. The number of methoxy groups -OCH3 is 1. The highest BCUT2D eigenvalue weighted by Crippen LogP contribution is 2.20. The molecule has 0 bridgehead atoms. The van der Waals surface area contributed by atoms with Gasteiger partial charge in [0.05, 0.1) is 29.5 Å². The summed E-state index contributed by atoms with van der Waals surface area (Å²) in [5.74, 6) is -0.752. The molecule has 0 fully saturated rings. The first-order chi connectivity index (χ1) is 13.1. The lowest BCUT2D eigenvalue weighted by molar-refractivity contribution is -0.118. The van der Waals surface area contributed by atoms with E-state index in [4.69, 9.17) is 9.47 Å². The average molecular weight is 389 g/mol. The molecule has 1 aromatic carbocycles. The third-order valence-corrected chi connectivity index (χ3v) is 4.79. The average Bonchev–Trinajstić information content (AvgIpc) is 3.28. The summed E-state index contributed by atoms with van der Waals surface area (Å²) in [6, 6.07) is 5.26. The Kier molecular flexibility index (Phi) is 6.09. The maximum Gasteiger partial charge on any atom is 0.337 e. The molecular weight excluding hydrogens is 370 g/mol. The van der Waals surface area contributed by atoms with E-state index in [-0.39, 0.29) is 12.5 Å². The number of ether oxygens (including phenoxy) is 2. The SMILES string of the molecule is CCOCCn1c(=NC(=O)Cn2cncn2)sc2cc(C(=O)OC)ccc21. The van der Waals surface area contributed by atoms with Gasteiger partial charge in [-0.1, -0.05) is 11.3 Å². The molecule has 0 aliphatic heterocycles. The van der Waals surface area contributed by atoms with Gasteiger partial charge in [-0.15, -0.1) is 0 Å². The molecule has 0 saturated carbocycles. The van der Waals surface area contributed by atoms with Crippen LogP contribution in [-0.2, 0) is 27.4 Å². The van der Waals surface area contributed by atoms with E-state index in [9.17, 15) is 9.59 Å². The normalized spacial score (nSPS) is 11.9. The van der Waals surface area contributed by atoms with Crippen LogP contribution in [0.15, 0.2) is 35.8 Å². The molecule has 0 atom stereocenters. The molecule has 27 heavy (non-hydrogen) atoms. The fourth-order valence-electron chi connectivity index (χ4n) is 2.51. The van der Waals surface area contributed by atoms with Gasteiger partial charge in [0, 0.05) is 13.2 Å². The highest BCUT2D eigenvalue weighted by molar-refractivity contribution is 7.16. The molecule has 2 aromatic heterocycles. The van der Waals surface area contributed by atoms with Gasteiger partial charge in [0.1, 0.15) is 19.2 Å². The fraction of sp³-hybridized carbons (Fsp3) is 0.353. The van der Waals surface area contributed by atoms with Gasteiger partial charge in [0.15, 0.2) is 4.80 Å². The van der Waals surface area contributed by atoms with Crippen molar-refractivity contribution >= 4 is 33.4 Å². The quantitative estimate of drug-likeness (QED) is 0.445. The second kappa shape index (κ2) is 8.69. The van der Waals surface area contributed by atoms with Crippen molar-refractivity contribution in [3.63, 3.8) is 0 Å². The monoisotopic (exact) mass is 389 g/mol. The van der Waals surface area contributed by atoms with E-state index in [0.717, 1.165) is 10.2 Å². The molecule has 0 radical (unpaired) electrons. The molecule has 2 heterocycles. The van der Waals surface area contributed by atoms with E-state index in [1.807, 2.05) is 17.6 Å². The highest BCUT2D eigenvalue weighted by atomic mass is 32.1. The first-order valence-corrected chi connectivity index (χ1v) is 9.13. The molecule has 10 heteroatoms. The van der Waals surface area contributed by atoms with E-state index in [0.29, 0.717) is 30.1 Å². The molecule has 3 aromatic rings. The predicted octanol–water partition coefficient (Wildman–Crippen LogP) is 1.24. The summed E-state index contributed by atoms with van der Waals surface area (Å²) in [7, 11) is 1.34. The number of rotatable bonds is 7. The van der Waals surface area contributed by atoms with Gasteiger partial charge in [-0.3, -0.25) is 4.79 Å². The Morgan fingerprint density at radius 2 is 2.19 bits per heavy atom. The minimum atomic E-state index is -0.410. The highest BCUT2D eigenvalue weighted by Gasteiger charge is 2.12. The van der Waals surface area contributed by atoms with Crippen LogP contribution in [0.4, 0.5) is 0 Å². The molecule has 142 valence electrons. The van der Waals surface area contributed by atoms with Gasteiger partial charge < -0.3 is 14.0 Å². The molecule has 0 N–H and O–H groups in total. The third-order valence-electron chi connectivity index (χ3n) is 3.75. The first kappa shape index (κ1) is 18.9. The summed E-state index contributed by atoms with van der Waals surface area (Å²) in [5, 5.41) is 3.91. The van der Waals surface area contributed by atoms with E-state index in [1.54, 1.807) is 12.1 Å². The van der Waals surface area contributed by atoms with Gasteiger partial charge in [0.25, 0.3) is 5.91 Å². The molecule has 0 spiro atoms. The van der Waals surface area contributed by atoms with Crippen molar-refractivity contribution in [2.24, 2.45) is 4.99 Å². The summed E-state index contributed by atoms with van der Waals surface area (Å²) in [4.78, 5) is 32.6. The Morgan fingerprint density at radius 1 is 1.33 bits per heavy atom. The maximum absolute atomic E-state index is 12.3. The Bertz CT molecular complexity index is 1010. The Hall–Kier alpha value is -2.85. The van der Waals surface area contributed by atoms with Crippen LogP contribution in [0.3, 0.4) is 0 Å².